The number of aliphatic carboxylic acids is 1. The van der Waals surface area contributed by atoms with Gasteiger partial charge in [0.2, 0.25) is 0 Å². The number of carbonyl (C=O) groups is 1. The lowest BCUT2D eigenvalue weighted by molar-refractivity contribution is -0.150. The summed E-state index contributed by atoms with van der Waals surface area (Å²) in [6, 6.07) is 5.17. The van der Waals surface area contributed by atoms with Gasteiger partial charge in [-0.2, -0.15) is 0 Å². The average molecular weight is 291 g/mol. The van der Waals surface area contributed by atoms with E-state index in [1.165, 1.54) is 0 Å². The second-order valence-electron chi connectivity index (χ2n) is 3.97. The highest BCUT2D eigenvalue weighted by Gasteiger charge is 2.20. The van der Waals surface area contributed by atoms with Crippen LogP contribution in [0.15, 0.2) is 18.2 Å². The number of unbranched alkanes of at least 4 members (excludes halogenated alkanes) is 1. The Morgan fingerprint density at radius 3 is 2.78 bits per heavy atom. The Morgan fingerprint density at radius 2 is 2.17 bits per heavy atom. The quantitative estimate of drug-likeness (QED) is 0.777. The minimum Gasteiger partial charge on any atom is -0.479 e. The maximum Gasteiger partial charge on any atom is 0.333 e. The van der Waals surface area contributed by atoms with Crippen molar-refractivity contribution in [3.63, 3.8) is 0 Å². The van der Waals surface area contributed by atoms with Crippen molar-refractivity contribution in [1.82, 2.24) is 0 Å². The van der Waals surface area contributed by atoms with Gasteiger partial charge in [-0.05, 0) is 18.1 Å². The van der Waals surface area contributed by atoms with Crippen LogP contribution in [0.25, 0.3) is 0 Å². The zero-order valence-corrected chi connectivity index (χ0v) is 11.7. The summed E-state index contributed by atoms with van der Waals surface area (Å²) < 4.78 is 5.34. The summed E-state index contributed by atoms with van der Waals surface area (Å²) in [4.78, 5) is 11.1. The third kappa shape index (κ3) is 4.48. The van der Waals surface area contributed by atoms with Gasteiger partial charge in [0.15, 0.2) is 6.10 Å². The van der Waals surface area contributed by atoms with Crippen molar-refractivity contribution in [3.05, 3.63) is 33.8 Å². The van der Waals surface area contributed by atoms with Gasteiger partial charge in [0.05, 0.1) is 10.0 Å². The zero-order valence-electron chi connectivity index (χ0n) is 10.2. The van der Waals surface area contributed by atoms with Crippen LogP contribution >= 0.6 is 23.2 Å². The summed E-state index contributed by atoms with van der Waals surface area (Å²) in [6.07, 6.45) is 1.14. The lowest BCUT2D eigenvalue weighted by Gasteiger charge is -2.14. The number of ether oxygens (including phenoxy) is 1. The molecule has 5 heteroatoms. The molecule has 1 atom stereocenters. The Bertz CT molecular complexity index is 407. The number of halogens is 2. The van der Waals surface area contributed by atoms with E-state index in [1.807, 2.05) is 6.92 Å². The number of rotatable bonds is 7. The van der Waals surface area contributed by atoms with E-state index in [9.17, 15) is 4.79 Å². The van der Waals surface area contributed by atoms with Crippen LogP contribution in [0.4, 0.5) is 0 Å². The van der Waals surface area contributed by atoms with Crippen molar-refractivity contribution >= 4 is 29.2 Å². The van der Waals surface area contributed by atoms with E-state index in [1.54, 1.807) is 18.2 Å². The van der Waals surface area contributed by atoms with Gasteiger partial charge < -0.3 is 9.84 Å². The number of carboxylic acids is 1. The first-order chi connectivity index (χ1) is 8.56. The molecule has 0 fully saturated rings. The molecule has 0 saturated heterocycles. The van der Waals surface area contributed by atoms with Gasteiger partial charge in [0.1, 0.15) is 0 Å². The molecule has 1 rings (SSSR count). The maximum absolute atomic E-state index is 11.1. The largest absolute Gasteiger partial charge is 0.479 e. The Hall–Kier alpha value is -0.770. The molecule has 0 spiro atoms. The van der Waals surface area contributed by atoms with E-state index in [0.717, 1.165) is 12.8 Å². The average Bonchev–Trinajstić information content (AvgIpc) is 2.33. The molecule has 1 aromatic carbocycles. The van der Waals surface area contributed by atoms with E-state index >= 15 is 0 Å². The number of carboxylic acid groups (broad SMARTS) is 1. The third-order valence-electron chi connectivity index (χ3n) is 2.53. The summed E-state index contributed by atoms with van der Waals surface area (Å²) >= 11 is 11.9. The second-order valence-corrected chi connectivity index (χ2v) is 4.75. The maximum atomic E-state index is 11.1. The molecular formula is C13H16Cl2O3. The molecule has 0 bridgehead atoms. The molecule has 3 nitrogen and oxygen atoms in total. The first kappa shape index (κ1) is 15.3. The fraction of sp³-hybridized carbons (Fsp3) is 0.462. The molecule has 0 aliphatic heterocycles. The van der Waals surface area contributed by atoms with E-state index < -0.39 is 12.1 Å². The van der Waals surface area contributed by atoms with Gasteiger partial charge in [-0.25, -0.2) is 4.79 Å². The molecule has 18 heavy (non-hydrogen) atoms. The van der Waals surface area contributed by atoms with Gasteiger partial charge in [-0.3, -0.25) is 0 Å². The Labute approximate surface area is 117 Å². The van der Waals surface area contributed by atoms with Crippen molar-refractivity contribution in [2.24, 2.45) is 0 Å². The molecular weight excluding hydrogens is 275 g/mol. The molecule has 1 unspecified atom stereocenters. The van der Waals surface area contributed by atoms with Crippen molar-refractivity contribution in [1.29, 1.82) is 0 Å². The molecule has 0 heterocycles. The predicted octanol–water partition coefficient (Wildman–Crippen LogP) is 3.81. The van der Waals surface area contributed by atoms with E-state index in [2.05, 4.69) is 0 Å². The summed E-state index contributed by atoms with van der Waals surface area (Å²) in [6.45, 7) is 2.46. The standard InChI is InChI=1S/C13H16Cl2O3/c1-2-3-7-18-11(13(16)17)8-9-5-4-6-10(14)12(9)15/h4-6,11H,2-3,7-8H2,1H3,(H,16,17). The van der Waals surface area contributed by atoms with Crippen molar-refractivity contribution in [3.8, 4) is 0 Å². The highest BCUT2D eigenvalue weighted by atomic mass is 35.5. The van der Waals surface area contributed by atoms with Crippen LogP contribution in [-0.2, 0) is 16.0 Å². The van der Waals surface area contributed by atoms with Crippen LogP contribution in [0.1, 0.15) is 25.3 Å². The monoisotopic (exact) mass is 290 g/mol. The summed E-state index contributed by atoms with van der Waals surface area (Å²) in [5, 5.41) is 9.91. The van der Waals surface area contributed by atoms with Gasteiger partial charge in [-0.1, -0.05) is 48.7 Å². The normalized spacial score (nSPS) is 12.4. The minimum absolute atomic E-state index is 0.221. The topological polar surface area (TPSA) is 46.5 Å². The SMILES string of the molecule is CCCCOC(Cc1cccc(Cl)c1Cl)C(=O)O. The fourth-order valence-electron chi connectivity index (χ4n) is 1.49. The van der Waals surface area contributed by atoms with Gasteiger partial charge in [-0.15, -0.1) is 0 Å². The van der Waals surface area contributed by atoms with E-state index in [-0.39, 0.29) is 6.42 Å². The summed E-state index contributed by atoms with van der Waals surface area (Å²) in [5.41, 5.74) is 0.688. The number of benzene rings is 1. The van der Waals surface area contributed by atoms with E-state index in [4.69, 9.17) is 33.0 Å². The summed E-state index contributed by atoms with van der Waals surface area (Å²) in [5.74, 6) is -0.984. The minimum atomic E-state index is -0.984. The Kier molecular flexibility index (Phi) is 6.47. The van der Waals surface area contributed by atoms with Gasteiger partial charge >= 0.3 is 5.97 Å². The van der Waals surface area contributed by atoms with Crippen LogP contribution in [-0.4, -0.2) is 23.8 Å². The first-order valence-electron chi connectivity index (χ1n) is 5.83. The van der Waals surface area contributed by atoms with Crippen LogP contribution in [0.5, 0.6) is 0 Å². The smallest absolute Gasteiger partial charge is 0.333 e. The van der Waals surface area contributed by atoms with Gasteiger partial charge in [0, 0.05) is 13.0 Å². The van der Waals surface area contributed by atoms with Crippen LogP contribution in [0, 0.1) is 0 Å². The van der Waals surface area contributed by atoms with Crippen LogP contribution in [0.2, 0.25) is 10.0 Å². The van der Waals surface area contributed by atoms with Gasteiger partial charge in [0.25, 0.3) is 0 Å². The third-order valence-corrected chi connectivity index (χ3v) is 3.39. The lowest BCUT2D eigenvalue weighted by atomic mass is 10.1. The molecule has 0 aliphatic rings. The summed E-state index contributed by atoms with van der Waals surface area (Å²) in [7, 11) is 0. The molecule has 0 saturated carbocycles. The molecule has 0 aromatic heterocycles. The van der Waals surface area contributed by atoms with Crippen LogP contribution in [0.3, 0.4) is 0 Å². The highest BCUT2D eigenvalue weighted by molar-refractivity contribution is 6.42. The molecule has 0 amide bonds. The second kappa shape index (κ2) is 7.62. The van der Waals surface area contributed by atoms with Crippen LogP contribution < -0.4 is 0 Å². The van der Waals surface area contributed by atoms with Crippen molar-refractivity contribution in [2.75, 3.05) is 6.61 Å². The Morgan fingerprint density at radius 1 is 1.44 bits per heavy atom. The number of hydrogen-bond donors (Lipinski definition) is 1. The molecule has 1 N–H and O–H groups in total. The molecule has 1 aromatic rings. The van der Waals surface area contributed by atoms with Crippen molar-refractivity contribution < 1.29 is 14.6 Å². The molecule has 0 aliphatic carbocycles. The molecule has 0 radical (unpaired) electrons. The van der Waals surface area contributed by atoms with Crippen molar-refractivity contribution in [2.45, 2.75) is 32.3 Å². The predicted molar refractivity (Wildman–Crippen MR) is 72.4 cm³/mol. The first-order valence-corrected chi connectivity index (χ1v) is 6.59. The highest BCUT2D eigenvalue weighted by Crippen LogP contribution is 2.26. The lowest BCUT2D eigenvalue weighted by Crippen LogP contribution is -2.27. The van der Waals surface area contributed by atoms with E-state index in [0.29, 0.717) is 22.2 Å². The molecule has 100 valence electrons. The number of hydrogen-bond acceptors (Lipinski definition) is 2. The zero-order chi connectivity index (χ0) is 13.5. The Balaban J connectivity index is 2.71. The fourth-order valence-corrected chi connectivity index (χ4v) is 1.89.